The van der Waals surface area contributed by atoms with Crippen LogP contribution in [0.25, 0.3) is 0 Å². The lowest BCUT2D eigenvalue weighted by Crippen LogP contribution is -2.46. The van der Waals surface area contributed by atoms with Crippen LogP contribution in [0.4, 0.5) is 5.69 Å². The van der Waals surface area contributed by atoms with Gasteiger partial charge in [0.2, 0.25) is 0 Å². The van der Waals surface area contributed by atoms with Crippen molar-refractivity contribution in [2.75, 3.05) is 31.1 Å². The minimum absolute atomic E-state index is 0.101. The standard InChI is InChI=1S/C21H30N6O/c1-4-16-12-18(28-15(2)3)13-19(20(16)21(22)23)27-10-8-26(9-11-27)14-17-6-5-7-24-25-17/h5-7,12-13,15H,4,8-11,14H2,1-3H3,(H3,22,23). The van der Waals surface area contributed by atoms with Crippen molar-refractivity contribution >= 4 is 11.5 Å². The number of ether oxygens (including phenoxy) is 1. The Bertz CT molecular complexity index is 800. The summed E-state index contributed by atoms with van der Waals surface area (Å²) in [5.74, 6) is 0.957. The lowest BCUT2D eigenvalue weighted by atomic mass is 10.00. The zero-order chi connectivity index (χ0) is 20.1. The maximum atomic E-state index is 8.12. The first-order valence-electron chi connectivity index (χ1n) is 9.89. The lowest BCUT2D eigenvalue weighted by molar-refractivity contribution is 0.240. The van der Waals surface area contributed by atoms with Gasteiger partial charge in [-0.05, 0) is 44.0 Å². The maximum absolute atomic E-state index is 8.12. The Hall–Kier alpha value is -2.67. The Labute approximate surface area is 167 Å². The number of rotatable bonds is 7. The third kappa shape index (κ3) is 4.78. The highest BCUT2D eigenvalue weighted by Crippen LogP contribution is 2.31. The summed E-state index contributed by atoms with van der Waals surface area (Å²) in [5, 5.41) is 16.3. The van der Waals surface area contributed by atoms with E-state index in [2.05, 4.69) is 26.9 Å². The molecule has 1 fully saturated rings. The molecule has 1 saturated heterocycles. The Balaban J connectivity index is 1.79. The number of hydrogen-bond donors (Lipinski definition) is 2. The molecule has 1 aromatic heterocycles. The van der Waals surface area contributed by atoms with E-state index in [1.165, 1.54) is 0 Å². The molecule has 0 spiro atoms. The van der Waals surface area contributed by atoms with E-state index >= 15 is 0 Å². The summed E-state index contributed by atoms with van der Waals surface area (Å²) in [7, 11) is 0. The van der Waals surface area contributed by atoms with Crippen molar-refractivity contribution in [3.8, 4) is 5.75 Å². The topological polar surface area (TPSA) is 91.4 Å². The summed E-state index contributed by atoms with van der Waals surface area (Å²) in [6.45, 7) is 10.5. The molecule has 28 heavy (non-hydrogen) atoms. The summed E-state index contributed by atoms with van der Waals surface area (Å²) >= 11 is 0. The Morgan fingerprint density at radius 3 is 2.57 bits per heavy atom. The molecule has 1 aliphatic heterocycles. The summed E-state index contributed by atoms with van der Waals surface area (Å²) in [5.41, 5.74) is 9.85. The van der Waals surface area contributed by atoms with Crippen LogP contribution in [0, 0.1) is 5.41 Å². The van der Waals surface area contributed by atoms with Crippen LogP contribution in [0.15, 0.2) is 30.5 Å². The van der Waals surface area contributed by atoms with E-state index in [1.54, 1.807) is 6.20 Å². The average molecular weight is 383 g/mol. The number of amidine groups is 1. The van der Waals surface area contributed by atoms with Crippen LogP contribution in [-0.2, 0) is 13.0 Å². The summed E-state index contributed by atoms with van der Waals surface area (Å²) in [6.07, 6.45) is 2.61. The summed E-state index contributed by atoms with van der Waals surface area (Å²) < 4.78 is 5.96. The van der Waals surface area contributed by atoms with Crippen molar-refractivity contribution < 1.29 is 4.74 Å². The molecule has 0 unspecified atom stereocenters. The molecule has 150 valence electrons. The molecule has 7 heteroatoms. The number of aromatic nitrogens is 2. The van der Waals surface area contributed by atoms with Gasteiger partial charge in [0.1, 0.15) is 11.6 Å². The fourth-order valence-electron chi connectivity index (χ4n) is 3.63. The van der Waals surface area contributed by atoms with Crippen LogP contribution in [0.1, 0.15) is 37.6 Å². The van der Waals surface area contributed by atoms with Crippen LogP contribution in [0.3, 0.4) is 0 Å². The van der Waals surface area contributed by atoms with E-state index in [1.807, 2.05) is 38.1 Å². The average Bonchev–Trinajstić information content (AvgIpc) is 2.68. The minimum Gasteiger partial charge on any atom is -0.491 e. The normalized spacial score (nSPS) is 15.1. The number of nitrogens with one attached hydrogen (secondary N) is 1. The first kappa shape index (κ1) is 20.1. The SMILES string of the molecule is CCc1cc(OC(C)C)cc(N2CCN(Cc3cccnn3)CC2)c1C(=N)N. The quantitative estimate of drug-likeness (QED) is 0.564. The molecule has 3 N–H and O–H groups in total. The van der Waals surface area contributed by atoms with Crippen molar-refractivity contribution in [3.63, 3.8) is 0 Å². The molecule has 1 aromatic carbocycles. The molecular formula is C21H30N6O. The largest absolute Gasteiger partial charge is 0.491 e. The van der Waals surface area contributed by atoms with Gasteiger partial charge in [0.05, 0.1) is 17.5 Å². The van der Waals surface area contributed by atoms with Crippen molar-refractivity contribution in [3.05, 3.63) is 47.3 Å². The second-order valence-electron chi connectivity index (χ2n) is 7.39. The van der Waals surface area contributed by atoms with E-state index in [0.29, 0.717) is 0 Å². The molecule has 2 heterocycles. The van der Waals surface area contributed by atoms with E-state index in [-0.39, 0.29) is 11.9 Å². The number of benzene rings is 1. The molecule has 0 amide bonds. The number of nitrogens with zero attached hydrogens (tertiary/aromatic N) is 4. The molecule has 2 aromatic rings. The van der Waals surface area contributed by atoms with Crippen LogP contribution >= 0.6 is 0 Å². The molecule has 0 saturated carbocycles. The highest BCUT2D eigenvalue weighted by Gasteiger charge is 2.23. The van der Waals surface area contributed by atoms with Gasteiger partial charge in [-0.15, -0.1) is 0 Å². The monoisotopic (exact) mass is 382 g/mol. The number of nitrogens with two attached hydrogens (primary N) is 1. The van der Waals surface area contributed by atoms with Gasteiger partial charge in [-0.25, -0.2) is 0 Å². The number of piperazine rings is 1. The Morgan fingerprint density at radius 2 is 2.00 bits per heavy atom. The van der Waals surface area contributed by atoms with Crippen molar-refractivity contribution in [2.45, 2.75) is 39.8 Å². The first-order chi connectivity index (χ1) is 13.5. The maximum Gasteiger partial charge on any atom is 0.125 e. The zero-order valence-electron chi connectivity index (χ0n) is 17.0. The van der Waals surface area contributed by atoms with Gasteiger partial charge in [0.25, 0.3) is 0 Å². The van der Waals surface area contributed by atoms with E-state index in [9.17, 15) is 0 Å². The van der Waals surface area contributed by atoms with Gasteiger partial charge in [0, 0.05) is 50.6 Å². The summed E-state index contributed by atoms with van der Waals surface area (Å²) in [6, 6.07) is 7.98. The second kappa shape index (κ2) is 9.01. The van der Waals surface area contributed by atoms with Gasteiger partial charge < -0.3 is 15.4 Å². The third-order valence-corrected chi connectivity index (χ3v) is 4.92. The molecule has 0 radical (unpaired) electrons. The van der Waals surface area contributed by atoms with Gasteiger partial charge in [-0.2, -0.15) is 10.2 Å². The molecule has 3 rings (SSSR count). The molecular weight excluding hydrogens is 352 g/mol. The fraction of sp³-hybridized carbons (Fsp3) is 0.476. The van der Waals surface area contributed by atoms with Gasteiger partial charge >= 0.3 is 0 Å². The number of nitrogen functional groups attached to an aromatic ring is 1. The molecule has 0 bridgehead atoms. The predicted octanol–water partition coefficient (Wildman–Crippen LogP) is 2.43. The number of hydrogen-bond acceptors (Lipinski definition) is 6. The number of anilines is 1. The second-order valence-corrected chi connectivity index (χ2v) is 7.39. The number of aryl methyl sites for hydroxylation is 1. The van der Waals surface area contributed by atoms with Gasteiger partial charge in [-0.3, -0.25) is 10.3 Å². The predicted molar refractivity (Wildman–Crippen MR) is 112 cm³/mol. The highest BCUT2D eigenvalue weighted by atomic mass is 16.5. The third-order valence-electron chi connectivity index (χ3n) is 4.92. The van der Waals surface area contributed by atoms with E-state index in [0.717, 1.165) is 67.4 Å². The molecule has 0 atom stereocenters. The lowest BCUT2D eigenvalue weighted by Gasteiger charge is -2.37. The highest BCUT2D eigenvalue weighted by molar-refractivity contribution is 6.02. The molecule has 1 aliphatic rings. The van der Waals surface area contributed by atoms with Crippen LogP contribution in [0.5, 0.6) is 5.75 Å². The fourth-order valence-corrected chi connectivity index (χ4v) is 3.63. The van der Waals surface area contributed by atoms with E-state index in [4.69, 9.17) is 15.9 Å². The van der Waals surface area contributed by atoms with E-state index < -0.39 is 0 Å². The van der Waals surface area contributed by atoms with Crippen molar-refractivity contribution in [1.29, 1.82) is 5.41 Å². The minimum atomic E-state index is 0.101. The van der Waals surface area contributed by atoms with Crippen LogP contribution in [0.2, 0.25) is 0 Å². The van der Waals surface area contributed by atoms with Crippen LogP contribution in [-0.4, -0.2) is 53.2 Å². The van der Waals surface area contributed by atoms with Crippen LogP contribution < -0.4 is 15.4 Å². The Kier molecular flexibility index (Phi) is 6.46. The first-order valence-corrected chi connectivity index (χ1v) is 9.89. The zero-order valence-corrected chi connectivity index (χ0v) is 17.0. The summed E-state index contributed by atoms with van der Waals surface area (Å²) in [4.78, 5) is 4.69. The van der Waals surface area contributed by atoms with Crippen molar-refractivity contribution in [2.24, 2.45) is 5.73 Å². The smallest absolute Gasteiger partial charge is 0.125 e. The molecule has 7 nitrogen and oxygen atoms in total. The molecule has 0 aliphatic carbocycles. The Morgan fingerprint density at radius 1 is 1.25 bits per heavy atom. The van der Waals surface area contributed by atoms with Crippen molar-refractivity contribution in [1.82, 2.24) is 15.1 Å². The van der Waals surface area contributed by atoms with Gasteiger partial charge in [0.15, 0.2) is 0 Å². The van der Waals surface area contributed by atoms with Gasteiger partial charge in [-0.1, -0.05) is 6.92 Å².